The fourth-order valence-electron chi connectivity index (χ4n) is 8.75. The number of para-hydroxylation sites is 4. The highest BCUT2D eigenvalue weighted by Crippen LogP contribution is 2.42. The SMILES string of the molecule is c1ccc(-c2cc(-c3ccc(N(c4ccccc4)c4ccccc4)cc3)nc3c2ccc2c(-c4ccccc4)cc(-c4ccc(N(c5ccccc5)c5ccccc5)cc4)nc23)cc1. The summed E-state index contributed by atoms with van der Waals surface area (Å²) in [5.41, 5.74) is 16.5. The molecule has 0 unspecified atom stereocenters. The van der Waals surface area contributed by atoms with Gasteiger partial charge in [-0.2, -0.15) is 0 Å². The van der Waals surface area contributed by atoms with Crippen molar-refractivity contribution in [1.82, 2.24) is 9.97 Å². The third-order valence-electron chi connectivity index (χ3n) is 11.8. The number of aromatic nitrogens is 2. The van der Waals surface area contributed by atoms with Crippen molar-refractivity contribution in [3.63, 3.8) is 0 Å². The van der Waals surface area contributed by atoms with Gasteiger partial charge in [0.25, 0.3) is 0 Å². The molecule has 0 fully saturated rings. The second-order valence-electron chi connectivity index (χ2n) is 15.8. The minimum absolute atomic E-state index is 0.864. The van der Waals surface area contributed by atoms with Crippen LogP contribution < -0.4 is 9.80 Å². The molecule has 0 aliphatic heterocycles. The van der Waals surface area contributed by atoms with Crippen molar-refractivity contribution in [1.29, 1.82) is 0 Å². The number of rotatable bonds is 10. The summed E-state index contributed by atoms with van der Waals surface area (Å²) in [5.74, 6) is 0. The highest BCUT2D eigenvalue weighted by molar-refractivity contribution is 6.13. The Balaban J connectivity index is 1.08. The van der Waals surface area contributed by atoms with E-state index >= 15 is 0 Å². The molecule has 11 aromatic rings. The first-order valence-corrected chi connectivity index (χ1v) is 21.7. The van der Waals surface area contributed by atoms with E-state index in [0.717, 1.165) is 101 Å². The molecule has 0 spiro atoms. The summed E-state index contributed by atoms with van der Waals surface area (Å²) in [6.07, 6.45) is 0. The van der Waals surface area contributed by atoms with E-state index in [4.69, 9.17) is 9.97 Å². The quantitative estimate of drug-likeness (QED) is 0.129. The van der Waals surface area contributed by atoms with Crippen LogP contribution in [0.2, 0.25) is 0 Å². The van der Waals surface area contributed by atoms with Crippen LogP contribution in [0.15, 0.2) is 255 Å². The molecule has 64 heavy (non-hydrogen) atoms. The Morgan fingerprint density at radius 1 is 0.234 bits per heavy atom. The molecule has 2 aromatic heterocycles. The summed E-state index contributed by atoms with van der Waals surface area (Å²) in [5, 5.41) is 2.11. The van der Waals surface area contributed by atoms with Gasteiger partial charge in [0.2, 0.25) is 0 Å². The number of anilines is 6. The molecule has 0 saturated carbocycles. The Hall–Kier alpha value is -8.60. The van der Waals surface area contributed by atoms with Crippen molar-refractivity contribution in [3.05, 3.63) is 255 Å². The number of hydrogen-bond donors (Lipinski definition) is 0. The smallest absolute Gasteiger partial charge is 0.0978 e. The van der Waals surface area contributed by atoms with Gasteiger partial charge >= 0.3 is 0 Å². The van der Waals surface area contributed by atoms with Crippen molar-refractivity contribution in [2.75, 3.05) is 9.80 Å². The van der Waals surface area contributed by atoms with Gasteiger partial charge in [0.1, 0.15) is 0 Å². The summed E-state index contributed by atoms with van der Waals surface area (Å²) in [6, 6.07) is 89.7. The highest BCUT2D eigenvalue weighted by Gasteiger charge is 2.19. The maximum atomic E-state index is 5.54. The minimum atomic E-state index is 0.864. The molecule has 2 heterocycles. The van der Waals surface area contributed by atoms with Crippen molar-refractivity contribution in [3.8, 4) is 44.8 Å². The van der Waals surface area contributed by atoms with Gasteiger partial charge < -0.3 is 9.80 Å². The van der Waals surface area contributed by atoms with Crippen LogP contribution in [0, 0.1) is 0 Å². The molecular weight excluding hydrogens is 777 g/mol. The monoisotopic (exact) mass is 818 g/mol. The van der Waals surface area contributed by atoms with Crippen LogP contribution in [-0.4, -0.2) is 9.97 Å². The van der Waals surface area contributed by atoms with E-state index in [0.29, 0.717) is 0 Å². The van der Waals surface area contributed by atoms with Crippen LogP contribution in [0.3, 0.4) is 0 Å². The summed E-state index contributed by atoms with van der Waals surface area (Å²) in [7, 11) is 0. The van der Waals surface area contributed by atoms with Gasteiger partial charge in [0.15, 0.2) is 0 Å². The molecule has 0 bridgehead atoms. The maximum absolute atomic E-state index is 5.54. The average molecular weight is 819 g/mol. The van der Waals surface area contributed by atoms with Crippen LogP contribution >= 0.6 is 0 Å². The number of benzene rings is 9. The maximum Gasteiger partial charge on any atom is 0.0978 e. The fraction of sp³-hybridized carbons (Fsp3) is 0. The lowest BCUT2D eigenvalue weighted by Crippen LogP contribution is -2.09. The van der Waals surface area contributed by atoms with E-state index in [1.54, 1.807) is 0 Å². The molecule has 0 saturated heterocycles. The molecule has 0 atom stereocenters. The summed E-state index contributed by atoms with van der Waals surface area (Å²) in [4.78, 5) is 15.6. The third kappa shape index (κ3) is 7.44. The van der Waals surface area contributed by atoms with Crippen molar-refractivity contribution >= 4 is 55.9 Å². The predicted molar refractivity (Wildman–Crippen MR) is 268 cm³/mol. The normalized spacial score (nSPS) is 11.1. The Labute approximate surface area is 373 Å². The first-order chi connectivity index (χ1) is 31.7. The standard InChI is InChI=1S/C60H42N4/c1-7-19-43(20-8-1)55-41-57(45-31-35-51(36-32-45)63(47-23-11-3-12-24-47)48-25-13-4-14-26-48)61-59-53(55)39-40-54-56(44-21-9-2-10-22-44)42-58(62-60(54)59)46-33-37-52(38-34-46)64(49-27-15-5-16-28-49)50-29-17-6-18-30-50/h1-42H. The van der Waals surface area contributed by atoms with Crippen LogP contribution in [0.5, 0.6) is 0 Å². The molecule has 0 aliphatic carbocycles. The lowest BCUT2D eigenvalue weighted by molar-refractivity contribution is 1.28. The van der Waals surface area contributed by atoms with E-state index < -0.39 is 0 Å². The molecule has 4 nitrogen and oxygen atoms in total. The van der Waals surface area contributed by atoms with Crippen LogP contribution in [0.1, 0.15) is 0 Å². The first-order valence-electron chi connectivity index (χ1n) is 21.7. The molecule has 0 radical (unpaired) electrons. The lowest BCUT2D eigenvalue weighted by Gasteiger charge is -2.25. The van der Waals surface area contributed by atoms with Crippen LogP contribution in [-0.2, 0) is 0 Å². The van der Waals surface area contributed by atoms with Crippen molar-refractivity contribution in [2.45, 2.75) is 0 Å². The van der Waals surface area contributed by atoms with Crippen LogP contribution in [0.25, 0.3) is 66.6 Å². The van der Waals surface area contributed by atoms with Crippen molar-refractivity contribution in [2.24, 2.45) is 0 Å². The van der Waals surface area contributed by atoms with E-state index in [9.17, 15) is 0 Å². The van der Waals surface area contributed by atoms with Gasteiger partial charge in [-0.1, -0.05) is 170 Å². The number of pyridine rings is 2. The Morgan fingerprint density at radius 3 is 0.797 bits per heavy atom. The predicted octanol–water partition coefficient (Wildman–Crippen LogP) is 16.4. The molecule has 0 aliphatic rings. The number of fused-ring (bicyclic) bond motifs is 3. The second kappa shape index (κ2) is 17.0. The van der Waals surface area contributed by atoms with Gasteiger partial charge in [-0.15, -0.1) is 0 Å². The largest absolute Gasteiger partial charge is 0.311 e. The zero-order valence-electron chi connectivity index (χ0n) is 35.0. The summed E-state index contributed by atoms with van der Waals surface area (Å²) in [6.45, 7) is 0. The molecular formula is C60H42N4. The lowest BCUT2D eigenvalue weighted by atomic mass is 9.94. The Kier molecular flexibility index (Phi) is 10.2. The molecule has 0 N–H and O–H groups in total. The minimum Gasteiger partial charge on any atom is -0.311 e. The fourth-order valence-corrected chi connectivity index (χ4v) is 8.75. The highest BCUT2D eigenvalue weighted by atomic mass is 15.1. The molecule has 302 valence electrons. The molecule has 0 amide bonds. The Morgan fingerprint density at radius 2 is 0.500 bits per heavy atom. The van der Waals surface area contributed by atoms with E-state index in [1.165, 1.54) is 0 Å². The molecule has 9 aromatic carbocycles. The topological polar surface area (TPSA) is 32.3 Å². The third-order valence-corrected chi connectivity index (χ3v) is 11.8. The van der Waals surface area contributed by atoms with Crippen LogP contribution in [0.4, 0.5) is 34.1 Å². The summed E-state index contributed by atoms with van der Waals surface area (Å²) >= 11 is 0. The Bertz CT molecular complexity index is 3020. The first kappa shape index (κ1) is 38.3. The number of nitrogens with zero attached hydrogens (tertiary/aromatic N) is 4. The van der Waals surface area contributed by atoms with Gasteiger partial charge in [0, 0.05) is 56.0 Å². The van der Waals surface area contributed by atoms with Gasteiger partial charge in [-0.05, 0) is 107 Å². The zero-order valence-corrected chi connectivity index (χ0v) is 35.0. The average Bonchev–Trinajstić information content (AvgIpc) is 3.38. The molecule has 11 rings (SSSR count). The van der Waals surface area contributed by atoms with E-state index in [1.807, 2.05) is 0 Å². The van der Waals surface area contributed by atoms with Gasteiger partial charge in [0.05, 0.1) is 22.4 Å². The zero-order chi connectivity index (χ0) is 42.7. The number of hydrogen-bond acceptors (Lipinski definition) is 4. The van der Waals surface area contributed by atoms with E-state index in [-0.39, 0.29) is 0 Å². The van der Waals surface area contributed by atoms with E-state index in [2.05, 4.69) is 265 Å². The molecule has 4 heteroatoms. The summed E-state index contributed by atoms with van der Waals surface area (Å²) < 4.78 is 0. The van der Waals surface area contributed by atoms with Gasteiger partial charge in [-0.3, -0.25) is 0 Å². The second-order valence-corrected chi connectivity index (χ2v) is 15.8. The van der Waals surface area contributed by atoms with Crippen molar-refractivity contribution < 1.29 is 0 Å². The van der Waals surface area contributed by atoms with Gasteiger partial charge in [-0.25, -0.2) is 9.97 Å².